The SMILES string of the molecule is Cc1ccc2c(c1)OC1C(CCCC1(C)C)N2. The van der Waals surface area contributed by atoms with Gasteiger partial charge in [-0.15, -0.1) is 0 Å². The molecule has 2 heteroatoms. The molecule has 2 aliphatic rings. The molecule has 2 atom stereocenters. The number of hydrogen-bond donors (Lipinski definition) is 1. The van der Waals surface area contributed by atoms with Gasteiger partial charge in [-0.05, 0) is 37.5 Å². The van der Waals surface area contributed by atoms with Crippen LogP contribution in [0.5, 0.6) is 5.75 Å². The minimum absolute atomic E-state index is 0.275. The van der Waals surface area contributed by atoms with E-state index in [1.165, 1.54) is 24.8 Å². The lowest BCUT2D eigenvalue weighted by Crippen LogP contribution is -2.52. The fourth-order valence-corrected chi connectivity index (χ4v) is 3.19. The molecule has 92 valence electrons. The first-order valence-corrected chi connectivity index (χ1v) is 6.60. The summed E-state index contributed by atoms with van der Waals surface area (Å²) in [6.07, 6.45) is 4.09. The van der Waals surface area contributed by atoms with E-state index in [1.54, 1.807) is 0 Å². The van der Waals surface area contributed by atoms with Crippen molar-refractivity contribution in [3.8, 4) is 5.75 Å². The van der Waals surface area contributed by atoms with Crippen LogP contribution in [0.1, 0.15) is 38.7 Å². The van der Waals surface area contributed by atoms with Crippen molar-refractivity contribution < 1.29 is 4.74 Å². The predicted octanol–water partition coefficient (Wildman–Crippen LogP) is 3.75. The van der Waals surface area contributed by atoms with E-state index in [0.29, 0.717) is 12.1 Å². The Morgan fingerprint density at radius 2 is 2.18 bits per heavy atom. The van der Waals surface area contributed by atoms with Crippen LogP contribution in [0.25, 0.3) is 0 Å². The molecule has 17 heavy (non-hydrogen) atoms. The molecule has 0 bridgehead atoms. The largest absolute Gasteiger partial charge is 0.486 e. The Kier molecular flexibility index (Phi) is 2.35. The Morgan fingerprint density at radius 1 is 1.35 bits per heavy atom. The van der Waals surface area contributed by atoms with Crippen LogP contribution in [0, 0.1) is 12.3 Å². The van der Waals surface area contributed by atoms with Crippen molar-refractivity contribution in [2.24, 2.45) is 5.41 Å². The van der Waals surface area contributed by atoms with Crippen LogP contribution in [-0.2, 0) is 0 Å². The van der Waals surface area contributed by atoms with Crippen LogP contribution in [0.3, 0.4) is 0 Å². The fourth-order valence-electron chi connectivity index (χ4n) is 3.19. The normalized spacial score (nSPS) is 29.6. The first kappa shape index (κ1) is 10.9. The molecule has 1 N–H and O–H groups in total. The average molecular weight is 231 g/mol. The van der Waals surface area contributed by atoms with Gasteiger partial charge in [-0.2, -0.15) is 0 Å². The molecule has 0 spiro atoms. The van der Waals surface area contributed by atoms with E-state index in [0.717, 1.165) is 11.4 Å². The van der Waals surface area contributed by atoms with E-state index in [4.69, 9.17) is 4.74 Å². The second-order valence-corrected chi connectivity index (χ2v) is 6.17. The van der Waals surface area contributed by atoms with Crippen LogP contribution < -0.4 is 10.1 Å². The van der Waals surface area contributed by atoms with Gasteiger partial charge in [0, 0.05) is 5.41 Å². The van der Waals surface area contributed by atoms with Gasteiger partial charge in [-0.3, -0.25) is 0 Å². The smallest absolute Gasteiger partial charge is 0.143 e. The van der Waals surface area contributed by atoms with E-state index in [1.807, 2.05) is 0 Å². The number of anilines is 1. The summed E-state index contributed by atoms with van der Waals surface area (Å²) in [7, 11) is 0. The number of ether oxygens (including phenoxy) is 1. The Bertz CT molecular complexity index is 439. The van der Waals surface area contributed by atoms with Crippen molar-refractivity contribution in [3.05, 3.63) is 23.8 Å². The Hall–Kier alpha value is -1.18. The zero-order chi connectivity index (χ0) is 12.0. The molecule has 0 amide bonds. The molecule has 0 aromatic heterocycles. The summed E-state index contributed by atoms with van der Waals surface area (Å²) in [5.74, 6) is 1.03. The third-order valence-corrected chi connectivity index (χ3v) is 4.20. The third kappa shape index (κ3) is 1.80. The third-order valence-electron chi connectivity index (χ3n) is 4.20. The first-order chi connectivity index (χ1) is 8.06. The summed E-state index contributed by atoms with van der Waals surface area (Å²) in [4.78, 5) is 0. The maximum atomic E-state index is 6.27. The summed E-state index contributed by atoms with van der Waals surface area (Å²) in [6, 6.07) is 6.91. The molecule has 0 saturated heterocycles. The predicted molar refractivity (Wildman–Crippen MR) is 70.6 cm³/mol. The van der Waals surface area contributed by atoms with Crippen molar-refractivity contribution in [3.63, 3.8) is 0 Å². The highest BCUT2D eigenvalue weighted by Gasteiger charge is 2.43. The highest BCUT2D eigenvalue weighted by molar-refractivity contribution is 5.60. The van der Waals surface area contributed by atoms with Crippen molar-refractivity contribution in [1.82, 2.24) is 0 Å². The molecule has 2 nitrogen and oxygen atoms in total. The highest BCUT2D eigenvalue weighted by atomic mass is 16.5. The van der Waals surface area contributed by atoms with E-state index < -0.39 is 0 Å². The summed E-state index contributed by atoms with van der Waals surface area (Å²) in [5, 5.41) is 3.66. The molecule has 2 unspecified atom stereocenters. The minimum Gasteiger partial charge on any atom is -0.486 e. The standard InChI is InChI=1S/C15H21NO/c1-10-6-7-11-13(9-10)17-14-12(16-11)5-4-8-15(14,2)3/h6-7,9,12,14,16H,4-5,8H2,1-3H3. The van der Waals surface area contributed by atoms with Gasteiger partial charge in [0.15, 0.2) is 0 Å². The molecule has 1 aliphatic carbocycles. The Labute approximate surface area is 103 Å². The van der Waals surface area contributed by atoms with Gasteiger partial charge in [0.2, 0.25) is 0 Å². The fraction of sp³-hybridized carbons (Fsp3) is 0.600. The maximum Gasteiger partial charge on any atom is 0.143 e. The van der Waals surface area contributed by atoms with Gasteiger partial charge < -0.3 is 10.1 Å². The maximum absolute atomic E-state index is 6.27. The van der Waals surface area contributed by atoms with Crippen LogP contribution in [0.15, 0.2) is 18.2 Å². The molecular formula is C15H21NO. The lowest BCUT2D eigenvalue weighted by atomic mass is 9.72. The highest BCUT2D eigenvalue weighted by Crippen LogP contribution is 2.44. The topological polar surface area (TPSA) is 21.3 Å². The van der Waals surface area contributed by atoms with Crippen molar-refractivity contribution >= 4 is 5.69 Å². The van der Waals surface area contributed by atoms with Crippen LogP contribution in [0.4, 0.5) is 5.69 Å². The number of rotatable bonds is 0. The summed E-state index contributed by atoms with van der Waals surface area (Å²) in [6.45, 7) is 6.76. The van der Waals surface area contributed by atoms with Gasteiger partial charge in [0.1, 0.15) is 11.9 Å². The van der Waals surface area contributed by atoms with Crippen LogP contribution in [-0.4, -0.2) is 12.1 Å². The number of aryl methyl sites for hydroxylation is 1. The molecule has 1 aromatic carbocycles. The summed E-state index contributed by atoms with van der Waals surface area (Å²) >= 11 is 0. The molecule has 1 fully saturated rings. The van der Waals surface area contributed by atoms with Gasteiger partial charge in [0.25, 0.3) is 0 Å². The van der Waals surface area contributed by atoms with Crippen molar-refractivity contribution in [2.45, 2.75) is 52.2 Å². The number of benzene rings is 1. The van der Waals surface area contributed by atoms with E-state index in [9.17, 15) is 0 Å². The van der Waals surface area contributed by atoms with Crippen LogP contribution in [0.2, 0.25) is 0 Å². The molecule has 1 heterocycles. The molecule has 1 aromatic rings. The van der Waals surface area contributed by atoms with E-state index in [2.05, 4.69) is 44.3 Å². The van der Waals surface area contributed by atoms with Crippen molar-refractivity contribution in [2.75, 3.05) is 5.32 Å². The van der Waals surface area contributed by atoms with Gasteiger partial charge in [-0.25, -0.2) is 0 Å². The molecular weight excluding hydrogens is 210 g/mol. The lowest BCUT2D eigenvalue weighted by molar-refractivity contribution is 0.0175. The lowest BCUT2D eigenvalue weighted by Gasteiger charge is -2.47. The monoisotopic (exact) mass is 231 g/mol. The van der Waals surface area contributed by atoms with Gasteiger partial charge in [-0.1, -0.05) is 26.3 Å². The molecule has 1 saturated carbocycles. The Morgan fingerprint density at radius 3 is 3.00 bits per heavy atom. The first-order valence-electron chi connectivity index (χ1n) is 6.60. The van der Waals surface area contributed by atoms with E-state index >= 15 is 0 Å². The van der Waals surface area contributed by atoms with Gasteiger partial charge in [0.05, 0.1) is 11.7 Å². The zero-order valence-electron chi connectivity index (χ0n) is 10.9. The zero-order valence-corrected chi connectivity index (χ0v) is 10.9. The minimum atomic E-state index is 0.275. The van der Waals surface area contributed by atoms with Crippen LogP contribution >= 0.6 is 0 Å². The van der Waals surface area contributed by atoms with Crippen molar-refractivity contribution in [1.29, 1.82) is 0 Å². The molecule has 0 radical (unpaired) electrons. The summed E-state index contributed by atoms with van der Waals surface area (Å²) < 4.78 is 6.27. The number of hydrogen-bond acceptors (Lipinski definition) is 2. The second kappa shape index (κ2) is 3.66. The summed E-state index contributed by atoms with van der Waals surface area (Å²) in [5.41, 5.74) is 2.70. The quantitative estimate of drug-likeness (QED) is 0.734. The number of fused-ring (bicyclic) bond motifs is 2. The second-order valence-electron chi connectivity index (χ2n) is 6.17. The average Bonchev–Trinajstić information content (AvgIpc) is 2.27. The molecule has 3 rings (SSSR count). The van der Waals surface area contributed by atoms with E-state index in [-0.39, 0.29) is 5.41 Å². The Balaban J connectivity index is 1.96. The molecule has 1 aliphatic heterocycles. The van der Waals surface area contributed by atoms with Gasteiger partial charge >= 0.3 is 0 Å². The number of nitrogens with one attached hydrogen (secondary N) is 1.